The largest absolute Gasteiger partial charge is 0.394 e. The first kappa shape index (κ1) is 18.1. The fourth-order valence-corrected chi connectivity index (χ4v) is 2.52. The Hall–Kier alpha value is -2.26. The first-order valence-corrected chi connectivity index (χ1v) is 7.95. The van der Waals surface area contributed by atoms with Crippen LogP contribution in [0.15, 0.2) is 12.7 Å². The van der Waals surface area contributed by atoms with Crippen molar-refractivity contribution in [2.24, 2.45) is 0 Å². The fraction of sp³-hybridized carbons (Fsp3) is 0.600. The van der Waals surface area contributed by atoms with Gasteiger partial charge in [-0.3, -0.25) is 4.79 Å². The molecule has 0 aliphatic heterocycles. The van der Waals surface area contributed by atoms with Gasteiger partial charge in [0.1, 0.15) is 6.33 Å². The highest BCUT2D eigenvalue weighted by molar-refractivity contribution is 5.87. The zero-order valence-electron chi connectivity index (χ0n) is 14.3. The summed E-state index contributed by atoms with van der Waals surface area (Å²) in [6.45, 7) is 5.25. The zero-order valence-corrected chi connectivity index (χ0v) is 14.3. The lowest BCUT2D eigenvalue weighted by atomic mass is 10.3. The molecule has 0 aliphatic rings. The monoisotopic (exact) mass is 336 g/mol. The number of anilines is 1. The highest BCUT2D eigenvalue weighted by Crippen LogP contribution is 2.20. The van der Waals surface area contributed by atoms with Crippen molar-refractivity contribution in [1.82, 2.24) is 24.4 Å². The summed E-state index contributed by atoms with van der Waals surface area (Å²) in [4.78, 5) is 28.5. The molecule has 0 aliphatic carbocycles. The Balaban J connectivity index is 2.24. The number of imidazole rings is 1. The minimum Gasteiger partial charge on any atom is -0.394 e. The maximum atomic E-state index is 12.3. The van der Waals surface area contributed by atoms with E-state index in [1.54, 1.807) is 27.7 Å². The van der Waals surface area contributed by atoms with Crippen molar-refractivity contribution in [2.45, 2.75) is 26.5 Å². The van der Waals surface area contributed by atoms with Gasteiger partial charge in [0.2, 0.25) is 5.91 Å². The van der Waals surface area contributed by atoms with E-state index in [-0.39, 0.29) is 25.6 Å². The summed E-state index contributed by atoms with van der Waals surface area (Å²) < 4.78 is 1.65. The molecule has 2 N–H and O–H groups in total. The van der Waals surface area contributed by atoms with Gasteiger partial charge in [-0.15, -0.1) is 0 Å². The van der Waals surface area contributed by atoms with Crippen LogP contribution in [0, 0.1) is 0 Å². The van der Waals surface area contributed by atoms with Gasteiger partial charge in [0.05, 0.1) is 32.1 Å². The predicted molar refractivity (Wildman–Crippen MR) is 89.6 cm³/mol. The number of likely N-dealkylation sites (N-methyl/N-ethyl adjacent to an activating group) is 2. The number of hydrogen-bond donors (Lipinski definition) is 2. The molecule has 1 unspecified atom stereocenters. The van der Waals surface area contributed by atoms with Crippen molar-refractivity contribution in [3.63, 3.8) is 0 Å². The number of aliphatic hydroxyl groups is 2. The van der Waals surface area contributed by atoms with Crippen LogP contribution in [0.3, 0.4) is 0 Å². The van der Waals surface area contributed by atoms with Gasteiger partial charge < -0.3 is 24.6 Å². The summed E-state index contributed by atoms with van der Waals surface area (Å²) >= 11 is 0. The number of carbonyl (C=O) groups excluding carboxylic acids is 1. The third-order valence-electron chi connectivity index (χ3n) is 3.85. The summed E-state index contributed by atoms with van der Waals surface area (Å²) in [5, 5.41) is 18.6. The summed E-state index contributed by atoms with van der Waals surface area (Å²) in [5.41, 5.74) is 1.10. The number of fused-ring (bicyclic) bond motifs is 1. The molecule has 0 fully saturated rings. The van der Waals surface area contributed by atoms with E-state index in [9.17, 15) is 9.90 Å². The Morgan fingerprint density at radius 3 is 2.62 bits per heavy atom. The van der Waals surface area contributed by atoms with Gasteiger partial charge in [-0.1, -0.05) is 0 Å². The zero-order chi connectivity index (χ0) is 17.7. The van der Waals surface area contributed by atoms with E-state index in [2.05, 4.69) is 15.0 Å². The molecular weight excluding hydrogens is 312 g/mol. The average Bonchev–Trinajstić information content (AvgIpc) is 2.98. The van der Waals surface area contributed by atoms with Gasteiger partial charge in [-0.05, 0) is 13.8 Å². The molecule has 0 bridgehead atoms. The topological polar surface area (TPSA) is 108 Å². The minimum atomic E-state index is -0.886. The molecular formula is C15H24N6O3. The van der Waals surface area contributed by atoms with E-state index < -0.39 is 6.10 Å². The van der Waals surface area contributed by atoms with E-state index in [0.717, 1.165) is 0 Å². The van der Waals surface area contributed by atoms with E-state index in [1.807, 2.05) is 13.8 Å². The lowest BCUT2D eigenvalue weighted by Crippen LogP contribution is -2.39. The van der Waals surface area contributed by atoms with Crippen LogP contribution in [0.25, 0.3) is 11.2 Å². The summed E-state index contributed by atoms with van der Waals surface area (Å²) in [6.07, 6.45) is 2.06. The predicted octanol–water partition coefficient (Wildman–Crippen LogP) is -0.516. The molecule has 1 amide bonds. The van der Waals surface area contributed by atoms with Gasteiger partial charge in [-0.2, -0.15) is 0 Å². The molecule has 0 saturated carbocycles. The molecule has 132 valence electrons. The molecule has 2 aromatic rings. The molecule has 9 heteroatoms. The molecule has 0 radical (unpaired) electrons. The highest BCUT2D eigenvalue weighted by Gasteiger charge is 2.18. The van der Waals surface area contributed by atoms with Crippen molar-refractivity contribution in [1.29, 1.82) is 0 Å². The first-order chi connectivity index (χ1) is 11.5. The Bertz CT molecular complexity index is 685. The number of carbonyl (C=O) groups is 1. The maximum Gasteiger partial charge on any atom is 0.242 e. The SMILES string of the molecule is CCN(CC)C(=O)CN(C)c1ncnc2c1ncn2CC(O)CO. The second-order valence-corrected chi connectivity index (χ2v) is 5.52. The second-order valence-electron chi connectivity index (χ2n) is 5.52. The van der Waals surface area contributed by atoms with Crippen molar-refractivity contribution >= 4 is 22.9 Å². The van der Waals surface area contributed by atoms with Crippen molar-refractivity contribution in [3.05, 3.63) is 12.7 Å². The Kier molecular flexibility index (Phi) is 6.04. The van der Waals surface area contributed by atoms with Gasteiger partial charge in [0.15, 0.2) is 17.0 Å². The summed E-state index contributed by atoms with van der Waals surface area (Å²) in [7, 11) is 1.78. The Morgan fingerprint density at radius 1 is 1.29 bits per heavy atom. The van der Waals surface area contributed by atoms with E-state index >= 15 is 0 Å². The lowest BCUT2D eigenvalue weighted by Gasteiger charge is -2.23. The van der Waals surface area contributed by atoms with Gasteiger partial charge in [0.25, 0.3) is 0 Å². The van der Waals surface area contributed by atoms with Crippen molar-refractivity contribution < 1.29 is 15.0 Å². The minimum absolute atomic E-state index is 0.0180. The molecule has 24 heavy (non-hydrogen) atoms. The van der Waals surface area contributed by atoms with Crippen molar-refractivity contribution in [3.8, 4) is 0 Å². The second kappa shape index (κ2) is 8.02. The smallest absolute Gasteiger partial charge is 0.242 e. The van der Waals surface area contributed by atoms with Gasteiger partial charge in [0, 0.05) is 20.1 Å². The third kappa shape index (κ3) is 3.80. The van der Waals surface area contributed by atoms with Crippen LogP contribution in [0.5, 0.6) is 0 Å². The Labute approximate surface area is 140 Å². The van der Waals surface area contributed by atoms with Crippen LogP contribution in [0.1, 0.15) is 13.8 Å². The molecule has 2 rings (SSSR count). The van der Waals surface area contributed by atoms with Gasteiger partial charge >= 0.3 is 0 Å². The number of rotatable bonds is 8. The number of amides is 1. The average molecular weight is 336 g/mol. The van der Waals surface area contributed by atoms with Crippen LogP contribution in [0.2, 0.25) is 0 Å². The molecule has 0 aromatic carbocycles. The fourth-order valence-electron chi connectivity index (χ4n) is 2.52. The first-order valence-electron chi connectivity index (χ1n) is 7.95. The molecule has 0 spiro atoms. The van der Waals surface area contributed by atoms with Crippen molar-refractivity contribution in [2.75, 3.05) is 38.2 Å². The molecule has 0 saturated heterocycles. The third-order valence-corrected chi connectivity index (χ3v) is 3.85. The normalized spacial score (nSPS) is 12.4. The van der Waals surface area contributed by atoms with Crippen LogP contribution in [-0.4, -0.2) is 79.9 Å². The Morgan fingerprint density at radius 2 is 2.00 bits per heavy atom. The molecule has 2 aromatic heterocycles. The van der Waals surface area contributed by atoms with Gasteiger partial charge in [-0.25, -0.2) is 15.0 Å². The molecule has 1 atom stereocenters. The molecule has 9 nitrogen and oxygen atoms in total. The van der Waals surface area contributed by atoms with E-state index in [1.165, 1.54) is 6.33 Å². The summed E-state index contributed by atoms with van der Waals surface area (Å²) in [5.74, 6) is 0.571. The lowest BCUT2D eigenvalue weighted by molar-refractivity contribution is -0.129. The molecule has 2 heterocycles. The quantitative estimate of drug-likeness (QED) is 0.668. The highest BCUT2D eigenvalue weighted by atomic mass is 16.3. The summed E-state index contributed by atoms with van der Waals surface area (Å²) in [6, 6.07) is 0. The van der Waals surface area contributed by atoms with Crippen LogP contribution in [0.4, 0.5) is 5.82 Å². The standard InChI is InChI=1S/C15H24N6O3/c1-4-20(5-2)12(24)7-19(3)14-13-15(17-9-16-14)21(10-18-13)6-11(23)8-22/h9-11,22-23H,4-8H2,1-3H3. The van der Waals surface area contributed by atoms with E-state index in [0.29, 0.717) is 30.1 Å². The number of hydrogen-bond acceptors (Lipinski definition) is 7. The maximum absolute atomic E-state index is 12.3. The van der Waals surface area contributed by atoms with Crippen LogP contribution < -0.4 is 4.90 Å². The van der Waals surface area contributed by atoms with Crippen LogP contribution in [-0.2, 0) is 11.3 Å². The number of aliphatic hydroxyl groups excluding tert-OH is 2. The van der Waals surface area contributed by atoms with Crippen LogP contribution >= 0.6 is 0 Å². The van der Waals surface area contributed by atoms with E-state index in [4.69, 9.17) is 5.11 Å². The number of nitrogens with zero attached hydrogens (tertiary/aromatic N) is 6. The number of aromatic nitrogens is 4.